The van der Waals surface area contributed by atoms with E-state index < -0.39 is 0 Å². The van der Waals surface area contributed by atoms with Crippen molar-refractivity contribution < 1.29 is 142 Å². The fourth-order valence-electron chi connectivity index (χ4n) is 0. The van der Waals surface area contributed by atoms with Gasteiger partial charge in [-0.2, -0.15) is 0 Å². The molecular weight excluding hydrogens is 464 g/mol. The van der Waals surface area contributed by atoms with E-state index in [1.165, 1.54) is 0 Å². The largest absolute Gasteiger partial charge is 3.00 e. The second kappa shape index (κ2) is 391. The molecule has 0 heterocycles. The van der Waals surface area contributed by atoms with Crippen molar-refractivity contribution in [3.05, 3.63) is 0 Å². The van der Waals surface area contributed by atoms with Crippen LogP contribution in [0.25, 0.3) is 0 Å². The predicted molar refractivity (Wildman–Crippen MR) is 6.18 cm³/mol. The van der Waals surface area contributed by atoms with Crippen LogP contribution in [0.1, 0.15) is 0 Å². The molecule has 0 atom stereocenters. The second-order valence-electron chi connectivity index (χ2n) is 0. The molecule has 9 nitrogen and oxygen atoms in total. The third-order valence-corrected chi connectivity index (χ3v) is 0. The van der Waals surface area contributed by atoms with E-state index in [-0.39, 0.29) is 142 Å². The average molecular weight is 464 g/mol. The van der Waals surface area contributed by atoms with Crippen LogP contribution >= 0.6 is 0 Å². The Morgan fingerprint density at radius 2 is 0.231 bits per heavy atom. The van der Waals surface area contributed by atoms with Gasteiger partial charge in [-0.1, -0.05) is 0 Å². The van der Waals surface area contributed by atoms with Crippen LogP contribution in [0.5, 0.6) is 0 Å². The third kappa shape index (κ3) is 336. The smallest absolute Gasteiger partial charge is 2.00 e. The summed E-state index contributed by atoms with van der Waals surface area (Å²) in [6, 6.07) is 0. The Kier molecular flexibility index (Phi) is 14500. The van der Waals surface area contributed by atoms with Gasteiger partial charge in [0.05, 0.1) is 0 Å². The third-order valence-electron chi connectivity index (χ3n) is 0. The van der Waals surface area contributed by atoms with Gasteiger partial charge < -0.3 is 49.3 Å². The first kappa shape index (κ1) is 481. The Labute approximate surface area is 140 Å². The van der Waals surface area contributed by atoms with Crippen LogP contribution in [0.15, 0.2) is 0 Å². The van der Waals surface area contributed by atoms with Crippen LogP contribution in [0.2, 0.25) is 0 Å². The molecule has 0 aromatic carbocycles. The first-order valence-corrected chi connectivity index (χ1v) is 0. The summed E-state index contributed by atoms with van der Waals surface area (Å²) < 4.78 is 0. The molecule has 13 heteroatoms. The summed E-state index contributed by atoms with van der Waals surface area (Å²) in [5, 5.41) is 0. The van der Waals surface area contributed by atoms with E-state index in [0.29, 0.717) is 0 Å². The monoisotopic (exact) mass is 463 g/mol. The molecule has 96 valence electrons. The van der Waals surface area contributed by atoms with E-state index in [0.717, 1.165) is 0 Å². The van der Waals surface area contributed by atoms with Gasteiger partial charge in [0.15, 0.2) is 0 Å². The molecule has 0 fully saturated rings. The van der Waals surface area contributed by atoms with E-state index >= 15 is 0 Å². The van der Waals surface area contributed by atoms with Gasteiger partial charge in [0, 0.05) is 55.7 Å². The van der Waals surface area contributed by atoms with Crippen LogP contribution in [0, 0.1) is 37.3 Å². The summed E-state index contributed by atoms with van der Waals surface area (Å²) in [6.07, 6.45) is 0. The van der Waals surface area contributed by atoms with Crippen molar-refractivity contribution in [2.75, 3.05) is 0 Å². The zero-order chi connectivity index (χ0) is 0. The van der Waals surface area contributed by atoms with Crippen molar-refractivity contribution in [1.29, 1.82) is 0 Å². The zero-order valence-corrected chi connectivity index (χ0v) is 11.3. The van der Waals surface area contributed by atoms with E-state index in [4.69, 9.17) is 0 Å². The van der Waals surface area contributed by atoms with Gasteiger partial charge in [-0.3, -0.25) is 0 Å². The van der Waals surface area contributed by atoms with E-state index in [9.17, 15) is 0 Å². The molecule has 0 rings (SSSR count). The summed E-state index contributed by atoms with van der Waals surface area (Å²) >= 11 is 0. The molecule has 0 aliphatic rings. The minimum atomic E-state index is 0. The summed E-state index contributed by atoms with van der Waals surface area (Å²) in [6.45, 7) is 0. The minimum Gasteiger partial charge on any atom is -2.00 e. The Morgan fingerprint density at radius 3 is 0.231 bits per heavy atom. The van der Waals surface area contributed by atoms with E-state index in [1.54, 1.807) is 0 Å². The first-order valence-electron chi connectivity index (χ1n) is 0. The molecule has 0 N–H and O–H groups in total. The Bertz CT molecular complexity index is 14.8. The molecule has 0 unspecified atom stereocenters. The normalized spacial score (nSPS) is 0. The Hall–Kier alpha value is 2.64. The molecular formula is ErO9V3-15. The average Bonchev–Trinajstić information content (AvgIpc) is 0. The minimum absolute atomic E-state index is 0. The van der Waals surface area contributed by atoms with Crippen LogP contribution in [-0.4, -0.2) is 0 Å². The van der Waals surface area contributed by atoms with Gasteiger partial charge >= 0.3 is 37.3 Å². The van der Waals surface area contributed by atoms with Crippen molar-refractivity contribution in [3.8, 4) is 0 Å². The molecule has 0 aromatic heterocycles. The predicted octanol–water partition coefficient (Wildman–Crippen LogP) is -1.08. The van der Waals surface area contributed by atoms with E-state index in [2.05, 4.69) is 0 Å². The molecule has 13 heavy (non-hydrogen) atoms. The summed E-state index contributed by atoms with van der Waals surface area (Å²) in [7, 11) is 0. The van der Waals surface area contributed by atoms with Crippen LogP contribution in [0.4, 0.5) is 0 Å². The maximum Gasteiger partial charge on any atom is 3.00 e. The summed E-state index contributed by atoms with van der Waals surface area (Å²) in [5.74, 6) is 0. The van der Waals surface area contributed by atoms with Crippen LogP contribution in [0.3, 0.4) is 0 Å². The fraction of sp³-hybridized carbons (Fsp3) is 0. The maximum absolute atomic E-state index is 0. The maximum atomic E-state index is 0. The number of hydrogen-bond acceptors (Lipinski definition) is 0. The van der Waals surface area contributed by atoms with Gasteiger partial charge in [0.25, 0.3) is 0 Å². The van der Waals surface area contributed by atoms with Gasteiger partial charge in [-0.25, -0.2) is 0 Å². The standard InChI is InChI=1S/Er.9O.3V/q+3;9*-2;;;. The van der Waals surface area contributed by atoms with E-state index in [1.807, 2.05) is 0 Å². The SMILES string of the molecule is [Er+3].[O-2].[O-2].[O-2].[O-2].[O-2].[O-2].[O-2].[O-2].[O-2].[V].[V].[V]. The molecule has 0 aromatic rings. The van der Waals surface area contributed by atoms with Crippen molar-refractivity contribution >= 4 is 0 Å². The molecule has 0 aliphatic carbocycles. The quantitative estimate of drug-likeness (QED) is 0.415. The molecule has 0 saturated carbocycles. The first-order chi connectivity index (χ1) is 0. The number of rotatable bonds is 0. The topological polar surface area (TPSA) is 256 Å². The molecule has 0 aliphatic heterocycles. The van der Waals surface area contributed by atoms with Gasteiger partial charge in [0.2, 0.25) is 0 Å². The Balaban J connectivity index is 0. The zero-order valence-electron chi connectivity index (χ0n) is 5.30. The van der Waals surface area contributed by atoms with Gasteiger partial charge in [0.1, 0.15) is 0 Å². The molecule has 4 radical (unpaired) electrons. The second-order valence-corrected chi connectivity index (χ2v) is 0. The van der Waals surface area contributed by atoms with Crippen molar-refractivity contribution in [1.82, 2.24) is 0 Å². The van der Waals surface area contributed by atoms with Crippen molar-refractivity contribution in [2.45, 2.75) is 0 Å². The van der Waals surface area contributed by atoms with Crippen molar-refractivity contribution in [2.24, 2.45) is 0 Å². The number of hydrogen-bond donors (Lipinski definition) is 0. The fourth-order valence-corrected chi connectivity index (χ4v) is 0. The molecule has 0 amide bonds. The van der Waals surface area contributed by atoms with Crippen LogP contribution < -0.4 is 0 Å². The summed E-state index contributed by atoms with van der Waals surface area (Å²) in [4.78, 5) is 0. The molecule has 0 bridgehead atoms. The van der Waals surface area contributed by atoms with Crippen LogP contribution in [-0.2, 0) is 105 Å². The van der Waals surface area contributed by atoms with Gasteiger partial charge in [-0.15, -0.1) is 0 Å². The summed E-state index contributed by atoms with van der Waals surface area (Å²) in [5.41, 5.74) is 0. The van der Waals surface area contributed by atoms with Crippen molar-refractivity contribution in [3.63, 3.8) is 0 Å². The van der Waals surface area contributed by atoms with Gasteiger partial charge in [-0.05, 0) is 0 Å². The molecule has 0 saturated heterocycles. The Morgan fingerprint density at radius 1 is 0.231 bits per heavy atom. The molecule has 0 spiro atoms.